The normalized spacial score (nSPS) is 10.6. The molecule has 0 fully saturated rings. The summed E-state index contributed by atoms with van der Waals surface area (Å²) in [6, 6.07) is 12.5. The number of anilines is 1. The van der Waals surface area contributed by atoms with Crippen molar-refractivity contribution in [3.63, 3.8) is 0 Å². The van der Waals surface area contributed by atoms with Crippen LogP contribution >= 0.6 is 0 Å². The molecule has 0 aliphatic heterocycles. The number of benzene rings is 2. The first-order chi connectivity index (χ1) is 14.6. The lowest BCUT2D eigenvalue weighted by molar-refractivity contribution is 0.102. The highest BCUT2D eigenvalue weighted by molar-refractivity contribution is 6.05. The summed E-state index contributed by atoms with van der Waals surface area (Å²) in [5.74, 6) is 1.66. The lowest BCUT2D eigenvalue weighted by atomic mass is 10.1. The lowest BCUT2D eigenvalue weighted by Crippen LogP contribution is -2.12. The SMILES string of the molecule is COc1cc(C(=O)Nc2ccc3nc(-c4cccnc4)[nH]c3c2)cc(OC)c1OC. The third-order valence-electron chi connectivity index (χ3n) is 4.60. The zero-order valence-electron chi connectivity index (χ0n) is 16.7. The van der Waals surface area contributed by atoms with Crippen LogP contribution in [-0.4, -0.2) is 42.2 Å². The maximum atomic E-state index is 12.8. The Labute approximate surface area is 172 Å². The highest BCUT2D eigenvalue weighted by Gasteiger charge is 2.17. The summed E-state index contributed by atoms with van der Waals surface area (Å²) in [4.78, 5) is 24.8. The van der Waals surface area contributed by atoms with Gasteiger partial charge in [0.05, 0.1) is 32.4 Å². The molecular weight excluding hydrogens is 384 g/mol. The van der Waals surface area contributed by atoms with Crippen molar-refractivity contribution >= 4 is 22.6 Å². The molecule has 0 saturated carbocycles. The van der Waals surface area contributed by atoms with E-state index in [4.69, 9.17) is 14.2 Å². The number of carbonyl (C=O) groups excluding carboxylic acids is 1. The van der Waals surface area contributed by atoms with Crippen molar-refractivity contribution in [3.8, 4) is 28.6 Å². The summed E-state index contributed by atoms with van der Waals surface area (Å²) in [5.41, 5.74) is 3.49. The van der Waals surface area contributed by atoms with E-state index in [-0.39, 0.29) is 5.91 Å². The minimum atomic E-state index is -0.305. The topological polar surface area (TPSA) is 98.4 Å². The number of nitrogens with zero attached hydrogens (tertiary/aromatic N) is 2. The average molecular weight is 404 g/mol. The number of pyridine rings is 1. The minimum Gasteiger partial charge on any atom is -0.493 e. The van der Waals surface area contributed by atoms with Gasteiger partial charge in [-0.1, -0.05) is 0 Å². The van der Waals surface area contributed by atoms with Crippen LogP contribution in [0.3, 0.4) is 0 Å². The number of nitrogens with one attached hydrogen (secondary N) is 2. The quantitative estimate of drug-likeness (QED) is 0.506. The highest BCUT2D eigenvalue weighted by atomic mass is 16.5. The van der Waals surface area contributed by atoms with E-state index in [0.717, 1.165) is 16.6 Å². The Bertz CT molecular complexity index is 1180. The van der Waals surface area contributed by atoms with Gasteiger partial charge in [0.15, 0.2) is 11.5 Å². The van der Waals surface area contributed by atoms with Crippen LogP contribution < -0.4 is 19.5 Å². The Morgan fingerprint density at radius 2 is 1.77 bits per heavy atom. The van der Waals surface area contributed by atoms with Crippen LogP contribution in [0.1, 0.15) is 10.4 Å². The van der Waals surface area contributed by atoms with Gasteiger partial charge in [0.25, 0.3) is 5.91 Å². The van der Waals surface area contributed by atoms with Gasteiger partial charge in [-0.15, -0.1) is 0 Å². The molecule has 2 aromatic carbocycles. The Kier molecular flexibility index (Phi) is 5.21. The number of hydrogen-bond donors (Lipinski definition) is 2. The van der Waals surface area contributed by atoms with Crippen molar-refractivity contribution in [3.05, 3.63) is 60.4 Å². The number of aromatic amines is 1. The molecule has 0 spiro atoms. The van der Waals surface area contributed by atoms with Crippen LogP contribution in [0.15, 0.2) is 54.9 Å². The van der Waals surface area contributed by atoms with E-state index in [9.17, 15) is 4.79 Å². The van der Waals surface area contributed by atoms with E-state index < -0.39 is 0 Å². The maximum Gasteiger partial charge on any atom is 0.255 e. The van der Waals surface area contributed by atoms with Crippen molar-refractivity contribution in [1.82, 2.24) is 15.0 Å². The summed E-state index contributed by atoms with van der Waals surface area (Å²) >= 11 is 0. The average Bonchev–Trinajstić information content (AvgIpc) is 3.22. The van der Waals surface area contributed by atoms with Gasteiger partial charge in [0.1, 0.15) is 5.82 Å². The predicted molar refractivity (Wildman–Crippen MR) is 113 cm³/mol. The molecule has 4 rings (SSSR count). The van der Waals surface area contributed by atoms with E-state index in [0.29, 0.717) is 34.3 Å². The third kappa shape index (κ3) is 3.62. The number of imidazole rings is 1. The highest BCUT2D eigenvalue weighted by Crippen LogP contribution is 2.38. The van der Waals surface area contributed by atoms with E-state index >= 15 is 0 Å². The van der Waals surface area contributed by atoms with Crippen LogP contribution in [0.25, 0.3) is 22.4 Å². The second-order valence-corrected chi connectivity index (χ2v) is 6.43. The Morgan fingerprint density at radius 3 is 2.40 bits per heavy atom. The van der Waals surface area contributed by atoms with Gasteiger partial charge in [-0.05, 0) is 42.5 Å². The Hall–Kier alpha value is -4.07. The van der Waals surface area contributed by atoms with Gasteiger partial charge < -0.3 is 24.5 Å². The molecule has 2 aromatic heterocycles. The monoisotopic (exact) mass is 404 g/mol. The molecule has 30 heavy (non-hydrogen) atoms. The molecule has 0 atom stereocenters. The molecule has 0 aliphatic rings. The first-order valence-electron chi connectivity index (χ1n) is 9.14. The van der Waals surface area contributed by atoms with Gasteiger partial charge in [0.2, 0.25) is 5.75 Å². The summed E-state index contributed by atoms with van der Waals surface area (Å²) < 4.78 is 15.9. The van der Waals surface area contributed by atoms with Crippen molar-refractivity contribution in [1.29, 1.82) is 0 Å². The molecule has 2 N–H and O–H groups in total. The van der Waals surface area contributed by atoms with Gasteiger partial charge >= 0.3 is 0 Å². The number of methoxy groups -OCH3 is 3. The molecule has 1 amide bonds. The molecule has 0 bridgehead atoms. The van der Waals surface area contributed by atoms with Crippen molar-refractivity contribution in [2.24, 2.45) is 0 Å². The number of amides is 1. The molecule has 2 heterocycles. The van der Waals surface area contributed by atoms with Crippen LogP contribution in [0, 0.1) is 0 Å². The number of fused-ring (bicyclic) bond motifs is 1. The van der Waals surface area contributed by atoms with Crippen LogP contribution in [-0.2, 0) is 0 Å². The van der Waals surface area contributed by atoms with E-state index in [1.165, 1.54) is 21.3 Å². The fourth-order valence-electron chi connectivity index (χ4n) is 3.14. The molecule has 8 heteroatoms. The number of rotatable bonds is 6. The number of carbonyl (C=O) groups is 1. The smallest absolute Gasteiger partial charge is 0.255 e. The van der Waals surface area contributed by atoms with Gasteiger partial charge in [-0.3, -0.25) is 9.78 Å². The zero-order chi connectivity index (χ0) is 21.1. The van der Waals surface area contributed by atoms with Gasteiger partial charge in [-0.2, -0.15) is 0 Å². The summed E-state index contributed by atoms with van der Waals surface area (Å²) in [7, 11) is 4.52. The largest absolute Gasteiger partial charge is 0.493 e. The molecule has 0 unspecified atom stereocenters. The first kappa shape index (κ1) is 19.3. The fourth-order valence-corrected chi connectivity index (χ4v) is 3.14. The lowest BCUT2D eigenvalue weighted by Gasteiger charge is -2.14. The van der Waals surface area contributed by atoms with Crippen molar-refractivity contribution in [2.75, 3.05) is 26.6 Å². The number of ether oxygens (including phenoxy) is 3. The summed E-state index contributed by atoms with van der Waals surface area (Å²) in [6.45, 7) is 0. The molecule has 0 aliphatic carbocycles. The Morgan fingerprint density at radius 1 is 1.00 bits per heavy atom. The van der Waals surface area contributed by atoms with Crippen LogP contribution in [0.4, 0.5) is 5.69 Å². The zero-order valence-corrected chi connectivity index (χ0v) is 16.7. The molecular formula is C22H20N4O4. The van der Waals surface area contributed by atoms with E-state index in [2.05, 4.69) is 20.3 Å². The number of aromatic nitrogens is 3. The number of hydrogen-bond acceptors (Lipinski definition) is 6. The minimum absolute atomic E-state index is 0.305. The molecule has 152 valence electrons. The second kappa shape index (κ2) is 8.12. The summed E-state index contributed by atoms with van der Waals surface area (Å²) in [6.07, 6.45) is 3.45. The molecule has 8 nitrogen and oxygen atoms in total. The molecule has 0 saturated heterocycles. The van der Waals surface area contributed by atoms with Gasteiger partial charge in [-0.25, -0.2) is 4.98 Å². The summed E-state index contributed by atoms with van der Waals surface area (Å²) in [5, 5.41) is 2.89. The van der Waals surface area contributed by atoms with Crippen molar-refractivity contribution < 1.29 is 19.0 Å². The molecule has 4 aromatic rings. The van der Waals surface area contributed by atoms with E-state index in [1.54, 1.807) is 30.6 Å². The number of H-pyrrole nitrogens is 1. The first-order valence-corrected chi connectivity index (χ1v) is 9.14. The van der Waals surface area contributed by atoms with Crippen LogP contribution in [0.5, 0.6) is 17.2 Å². The maximum absolute atomic E-state index is 12.8. The molecule has 0 radical (unpaired) electrons. The Balaban J connectivity index is 1.62. The van der Waals surface area contributed by atoms with Gasteiger partial charge in [0, 0.05) is 29.2 Å². The van der Waals surface area contributed by atoms with E-state index in [1.807, 2.05) is 24.3 Å². The second-order valence-electron chi connectivity index (χ2n) is 6.43. The predicted octanol–water partition coefficient (Wildman–Crippen LogP) is 3.90. The fraction of sp³-hybridized carbons (Fsp3) is 0.136. The third-order valence-corrected chi connectivity index (χ3v) is 4.60. The standard InChI is InChI=1S/C22H20N4O4/c1-28-18-9-14(10-19(29-2)20(18)30-3)22(27)24-15-6-7-16-17(11-15)26-21(25-16)13-5-4-8-23-12-13/h4-12H,1-3H3,(H,24,27)(H,25,26). The van der Waals surface area contributed by atoms with Crippen molar-refractivity contribution in [2.45, 2.75) is 0 Å². The van der Waals surface area contributed by atoms with Crippen LogP contribution in [0.2, 0.25) is 0 Å².